The molecule has 9 aromatic rings. The Balaban J connectivity index is 1.20. The maximum Gasteiger partial charge on any atom is 0.180 e. The first-order valence-electron chi connectivity index (χ1n) is 16.3. The summed E-state index contributed by atoms with van der Waals surface area (Å²) in [5.74, 6) is 0.672. The van der Waals surface area contributed by atoms with Crippen LogP contribution in [0.2, 0.25) is 0 Å². The summed E-state index contributed by atoms with van der Waals surface area (Å²) >= 11 is 0. The minimum Gasteiger partial charge on any atom is -0.452 e. The van der Waals surface area contributed by atoms with Gasteiger partial charge in [-0.05, 0) is 72.0 Å². The minimum absolute atomic E-state index is 0.672. The Morgan fingerprint density at radius 3 is 2.06 bits per heavy atom. The van der Waals surface area contributed by atoms with E-state index in [2.05, 4.69) is 91.9 Å². The van der Waals surface area contributed by atoms with Crippen LogP contribution in [0.4, 0.5) is 0 Å². The third kappa shape index (κ3) is 4.71. The normalized spacial score (nSPS) is 11.6. The average Bonchev–Trinajstić information content (AvgIpc) is 3.53. The summed E-state index contributed by atoms with van der Waals surface area (Å²) in [6.07, 6.45) is 0.840. The Bertz CT molecular complexity index is 2680. The van der Waals surface area contributed by atoms with Crippen LogP contribution in [0.25, 0.3) is 88.8 Å². The maximum atomic E-state index is 6.42. The number of pyridine rings is 2. The summed E-state index contributed by atoms with van der Waals surface area (Å²) in [5, 5.41) is 3.18. The average molecular weight is 619 g/mol. The highest BCUT2D eigenvalue weighted by Crippen LogP contribution is 2.38. The number of hydrogen-bond acceptors (Lipinski definition) is 5. The molecule has 5 heteroatoms. The molecule has 48 heavy (non-hydrogen) atoms. The van der Waals surface area contributed by atoms with Crippen LogP contribution in [-0.4, -0.2) is 19.9 Å². The molecule has 228 valence electrons. The Kier molecular flexibility index (Phi) is 6.57. The fourth-order valence-corrected chi connectivity index (χ4v) is 6.66. The van der Waals surface area contributed by atoms with Gasteiger partial charge in [-0.1, -0.05) is 104 Å². The van der Waals surface area contributed by atoms with Crippen molar-refractivity contribution in [2.45, 2.75) is 20.3 Å². The van der Waals surface area contributed by atoms with Gasteiger partial charge in [0.2, 0.25) is 0 Å². The van der Waals surface area contributed by atoms with Crippen LogP contribution >= 0.6 is 0 Å². The highest BCUT2D eigenvalue weighted by molar-refractivity contribution is 6.09. The molecule has 5 nitrogen and oxygen atoms in total. The van der Waals surface area contributed by atoms with Gasteiger partial charge in [0.15, 0.2) is 11.4 Å². The van der Waals surface area contributed by atoms with Gasteiger partial charge in [0.25, 0.3) is 0 Å². The van der Waals surface area contributed by atoms with Crippen molar-refractivity contribution in [3.05, 3.63) is 145 Å². The molecular weight excluding hydrogens is 589 g/mol. The number of aryl methyl sites for hydroxylation is 2. The highest BCUT2D eigenvalue weighted by atomic mass is 16.3. The first-order valence-corrected chi connectivity index (χ1v) is 16.3. The number of para-hydroxylation sites is 1. The monoisotopic (exact) mass is 618 g/mol. The minimum atomic E-state index is 0.672. The molecule has 0 unspecified atom stereocenters. The van der Waals surface area contributed by atoms with Crippen molar-refractivity contribution in [3.8, 4) is 44.9 Å². The summed E-state index contributed by atoms with van der Waals surface area (Å²) in [4.78, 5) is 20.1. The third-order valence-corrected chi connectivity index (χ3v) is 9.09. The fraction of sp³-hybridized carbons (Fsp3) is 0.0698. The number of fused-ring (bicyclic) bond motifs is 6. The molecule has 0 amide bonds. The van der Waals surface area contributed by atoms with Crippen molar-refractivity contribution in [3.63, 3.8) is 0 Å². The quantitative estimate of drug-likeness (QED) is 0.180. The van der Waals surface area contributed by atoms with Gasteiger partial charge in [-0.2, -0.15) is 0 Å². The molecule has 0 aliphatic heterocycles. The molecule has 0 N–H and O–H groups in total. The Hall–Kier alpha value is -6.20. The van der Waals surface area contributed by atoms with Crippen molar-refractivity contribution in [1.82, 2.24) is 19.9 Å². The van der Waals surface area contributed by atoms with E-state index in [1.54, 1.807) is 0 Å². The van der Waals surface area contributed by atoms with Crippen molar-refractivity contribution < 1.29 is 4.42 Å². The second-order valence-electron chi connectivity index (χ2n) is 12.2. The Labute approximate surface area is 277 Å². The van der Waals surface area contributed by atoms with Crippen LogP contribution in [0.3, 0.4) is 0 Å². The number of rotatable bonds is 5. The molecule has 0 saturated carbocycles. The summed E-state index contributed by atoms with van der Waals surface area (Å²) in [5.41, 5.74) is 13.4. The summed E-state index contributed by atoms with van der Waals surface area (Å²) < 4.78 is 6.42. The number of nitrogens with zero attached hydrogens (tertiary/aromatic N) is 4. The summed E-state index contributed by atoms with van der Waals surface area (Å²) in [6, 6.07) is 46.2. The van der Waals surface area contributed by atoms with Crippen molar-refractivity contribution >= 4 is 43.9 Å². The molecule has 0 fully saturated rings. The zero-order valence-corrected chi connectivity index (χ0v) is 26.6. The Morgan fingerprint density at radius 2 is 1.23 bits per heavy atom. The molecule has 0 spiro atoms. The lowest BCUT2D eigenvalue weighted by molar-refractivity contribution is 0.667. The van der Waals surface area contributed by atoms with E-state index >= 15 is 0 Å². The van der Waals surface area contributed by atoms with Gasteiger partial charge in [-0.25, -0.2) is 9.97 Å². The summed E-state index contributed by atoms with van der Waals surface area (Å²) in [6.45, 7) is 4.18. The molecule has 0 atom stereocenters. The van der Waals surface area contributed by atoms with E-state index in [1.165, 1.54) is 0 Å². The Morgan fingerprint density at radius 1 is 0.521 bits per heavy atom. The van der Waals surface area contributed by atoms with Gasteiger partial charge in [0, 0.05) is 38.7 Å². The van der Waals surface area contributed by atoms with Crippen molar-refractivity contribution in [2.75, 3.05) is 0 Å². The van der Waals surface area contributed by atoms with Gasteiger partial charge in [0.1, 0.15) is 16.8 Å². The molecule has 9 rings (SSSR count). The molecule has 0 radical (unpaired) electrons. The van der Waals surface area contributed by atoms with Crippen LogP contribution in [-0.2, 0) is 6.42 Å². The lowest BCUT2D eigenvalue weighted by Gasteiger charge is -2.13. The van der Waals surface area contributed by atoms with E-state index < -0.39 is 0 Å². The first kappa shape index (κ1) is 28.1. The molecule has 4 heterocycles. The molecule has 0 aliphatic rings. The third-order valence-electron chi connectivity index (χ3n) is 9.09. The predicted octanol–water partition coefficient (Wildman–Crippen LogP) is 11.0. The van der Waals surface area contributed by atoms with Crippen LogP contribution in [0.15, 0.2) is 138 Å². The van der Waals surface area contributed by atoms with E-state index in [1.807, 2.05) is 55.5 Å². The van der Waals surface area contributed by atoms with E-state index in [0.717, 1.165) is 95.2 Å². The second kappa shape index (κ2) is 11.2. The number of furan rings is 1. The molecule has 5 aromatic carbocycles. The van der Waals surface area contributed by atoms with E-state index in [9.17, 15) is 0 Å². The molecule has 0 bridgehead atoms. The van der Waals surface area contributed by atoms with Gasteiger partial charge in [-0.3, -0.25) is 9.97 Å². The van der Waals surface area contributed by atoms with Crippen LogP contribution < -0.4 is 0 Å². The van der Waals surface area contributed by atoms with E-state index in [-0.39, 0.29) is 0 Å². The number of aromatic nitrogens is 4. The zero-order chi connectivity index (χ0) is 32.2. The molecular formula is C43H30N4O. The topological polar surface area (TPSA) is 64.7 Å². The SMILES string of the molecule is CCc1cc(-c2cccc(-c3cccc(-c4nc(-c5ccccc5)nc5c4oc4ccccc45)c3)c2)c2ccc3ccc(C)nc3c2n1. The first-order chi connectivity index (χ1) is 23.6. The molecule has 0 aliphatic carbocycles. The van der Waals surface area contributed by atoms with Gasteiger partial charge >= 0.3 is 0 Å². The number of hydrogen-bond donors (Lipinski definition) is 0. The lowest BCUT2D eigenvalue weighted by Crippen LogP contribution is -1.95. The van der Waals surface area contributed by atoms with Gasteiger partial charge in [-0.15, -0.1) is 0 Å². The second-order valence-corrected chi connectivity index (χ2v) is 12.2. The van der Waals surface area contributed by atoms with Crippen LogP contribution in [0.5, 0.6) is 0 Å². The lowest BCUT2D eigenvalue weighted by atomic mass is 9.94. The fourth-order valence-electron chi connectivity index (χ4n) is 6.66. The van der Waals surface area contributed by atoms with Crippen molar-refractivity contribution in [1.29, 1.82) is 0 Å². The van der Waals surface area contributed by atoms with Crippen molar-refractivity contribution in [2.24, 2.45) is 0 Å². The van der Waals surface area contributed by atoms with Crippen LogP contribution in [0, 0.1) is 6.92 Å². The van der Waals surface area contributed by atoms with E-state index in [4.69, 9.17) is 24.4 Å². The standard InChI is InChI=1S/C43H30N4O/c1-3-33-25-36(34-22-21-27-20-19-26(2)44-38(27)40(34)45-33)31-15-9-13-29(23-31)30-14-10-16-32(24-30)39-42-41(35-17-7-8-18-37(35)48-42)47-43(46-39)28-11-5-4-6-12-28/h4-25H,3H2,1-2H3. The zero-order valence-electron chi connectivity index (χ0n) is 26.6. The predicted molar refractivity (Wildman–Crippen MR) is 196 cm³/mol. The number of benzene rings is 5. The van der Waals surface area contributed by atoms with Gasteiger partial charge < -0.3 is 4.42 Å². The highest BCUT2D eigenvalue weighted by Gasteiger charge is 2.19. The smallest absolute Gasteiger partial charge is 0.180 e. The molecule has 4 aromatic heterocycles. The molecule has 0 saturated heterocycles. The van der Waals surface area contributed by atoms with Gasteiger partial charge in [0.05, 0.1) is 11.0 Å². The maximum absolute atomic E-state index is 6.42. The van der Waals surface area contributed by atoms with E-state index in [0.29, 0.717) is 11.4 Å². The van der Waals surface area contributed by atoms with Crippen LogP contribution in [0.1, 0.15) is 18.3 Å². The largest absolute Gasteiger partial charge is 0.452 e. The summed E-state index contributed by atoms with van der Waals surface area (Å²) in [7, 11) is 0.